The van der Waals surface area contributed by atoms with E-state index in [-0.39, 0.29) is 11.8 Å². The smallest absolute Gasteiger partial charge is 0.266 e. The Morgan fingerprint density at radius 1 is 1.00 bits per heavy atom. The first-order valence-electron chi connectivity index (χ1n) is 6.39. The number of hydrogen-bond acceptors (Lipinski definition) is 2. The highest BCUT2D eigenvalue weighted by atomic mass is 79.9. The molecular formula is C16H12BrNO2. The molecule has 20 heavy (non-hydrogen) atoms. The van der Waals surface area contributed by atoms with Crippen molar-refractivity contribution in [3.63, 3.8) is 0 Å². The summed E-state index contributed by atoms with van der Waals surface area (Å²) in [5.74, 6) is -0.503. The van der Waals surface area contributed by atoms with Gasteiger partial charge in [-0.05, 0) is 36.2 Å². The lowest BCUT2D eigenvalue weighted by molar-refractivity contribution is 0.0926. The molecule has 1 heterocycles. The van der Waals surface area contributed by atoms with Gasteiger partial charge in [-0.1, -0.05) is 41.1 Å². The van der Waals surface area contributed by atoms with Crippen molar-refractivity contribution in [2.24, 2.45) is 0 Å². The van der Waals surface area contributed by atoms with E-state index in [2.05, 4.69) is 15.9 Å². The first-order chi connectivity index (χ1) is 9.63. The lowest BCUT2D eigenvalue weighted by Crippen LogP contribution is -2.30. The highest BCUT2D eigenvalue weighted by Gasteiger charge is 2.37. The average molecular weight is 330 g/mol. The van der Waals surface area contributed by atoms with E-state index in [1.807, 2.05) is 25.1 Å². The molecule has 0 bridgehead atoms. The molecule has 3 rings (SSSR count). The van der Waals surface area contributed by atoms with Crippen molar-refractivity contribution < 1.29 is 9.59 Å². The molecule has 0 saturated heterocycles. The Morgan fingerprint density at radius 3 is 2.15 bits per heavy atom. The van der Waals surface area contributed by atoms with E-state index in [0.717, 1.165) is 16.5 Å². The third-order valence-corrected chi connectivity index (χ3v) is 3.96. The summed E-state index contributed by atoms with van der Waals surface area (Å²) >= 11 is 3.40. The molecule has 2 amide bonds. The lowest BCUT2D eigenvalue weighted by Gasteiger charge is -2.18. The Hall–Kier alpha value is -1.94. The lowest BCUT2D eigenvalue weighted by atomic mass is 10.1. The van der Waals surface area contributed by atoms with E-state index in [1.54, 1.807) is 24.3 Å². The highest BCUT2D eigenvalue weighted by molar-refractivity contribution is 9.10. The summed E-state index contributed by atoms with van der Waals surface area (Å²) in [4.78, 5) is 26.2. The normalized spacial score (nSPS) is 13.8. The van der Waals surface area contributed by atoms with Crippen LogP contribution in [0.5, 0.6) is 0 Å². The van der Waals surface area contributed by atoms with Crippen molar-refractivity contribution in [1.29, 1.82) is 0 Å². The molecule has 0 unspecified atom stereocenters. The van der Waals surface area contributed by atoms with Crippen LogP contribution in [-0.2, 0) is 6.42 Å². The van der Waals surface area contributed by atoms with Crippen LogP contribution in [0.2, 0.25) is 0 Å². The number of carbonyl (C=O) groups is 2. The summed E-state index contributed by atoms with van der Waals surface area (Å²) in [5.41, 5.74) is 2.58. The van der Waals surface area contributed by atoms with Crippen molar-refractivity contribution in [3.05, 3.63) is 63.6 Å². The average Bonchev–Trinajstić information content (AvgIpc) is 2.71. The topological polar surface area (TPSA) is 37.4 Å². The first-order valence-corrected chi connectivity index (χ1v) is 7.19. The maximum Gasteiger partial charge on any atom is 0.266 e. The number of carbonyl (C=O) groups excluding carboxylic acids is 2. The van der Waals surface area contributed by atoms with Gasteiger partial charge >= 0.3 is 0 Å². The van der Waals surface area contributed by atoms with E-state index in [1.165, 1.54) is 4.90 Å². The minimum Gasteiger partial charge on any atom is -0.268 e. The molecule has 3 nitrogen and oxygen atoms in total. The van der Waals surface area contributed by atoms with Gasteiger partial charge in [0.2, 0.25) is 0 Å². The summed E-state index contributed by atoms with van der Waals surface area (Å²) in [6, 6.07) is 12.6. The number of rotatable bonds is 2. The Labute approximate surface area is 125 Å². The SMILES string of the molecule is CCc1ccc(Br)cc1N1C(=O)c2ccccc2C1=O. The number of benzene rings is 2. The molecule has 4 heteroatoms. The van der Waals surface area contributed by atoms with Crippen LogP contribution in [0.3, 0.4) is 0 Å². The second-order valence-corrected chi connectivity index (χ2v) is 5.53. The summed E-state index contributed by atoms with van der Waals surface area (Å²) in [5, 5.41) is 0. The quantitative estimate of drug-likeness (QED) is 0.785. The fourth-order valence-corrected chi connectivity index (χ4v) is 2.80. The molecule has 0 aromatic heterocycles. The molecule has 0 aliphatic carbocycles. The molecule has 2 aromatic carbocycles. The summed E-state index contributed by atoms with van der Waals surface area (Å²) in [6.45, 7) is 2.00. The number of hydrogen-bond donors (Lipinski definition) is 0. The van der Waals surface area contributed by atoms with Crippen LogP contribution in [-0.4, -0.2) is 11.8 Å². The predicted molar refractivity (Wildman–Crippen MR) is 81.1 cm³/mol. The number of fused-ring (bicyclic) bond motifs is 1. The van der Waals surface area contributed by atoms with Gasteiger partial charge in [0.05, 0.1) is 16.8 Å². The number of nitrogens with zero attached hydrogens (tertiary/aromatic N) is 1. The summed E-state index contributed by atoms with van der Waals surface area (Å²) in [7, 11) is 0. The zero-order chi connectivity index (χ0) is 14.3. The van der Waals surface area contributed by atoms with Crippen molar-refractivity contribution in [2.75, 3.05) is 4.90 Å². The number of aryl methyl sites for hydroxylation is 1. The molecule has 1 aliphatic heterocycles. The standard InChI is InChI=1S/C16H12BrNO2/c1-2-10-7-8-11(17)9-14(10)18-15(19)12-5-3-4-6-13(12)16(18)20/h3-9H,2H2,1H3. The van der Waals surface area contributed by atoms with E-state index >= 15 is 0 Å². The van der Waals surface area contributed by atoms with E-state index < -0.39 is 0 Å². The molecular weight excluding hydrogens is 318 g/mol. The monoisotopic (exact) mass is 329 g/mol. The van der Waals surface area contributed by atoms with Gasteiger partial charge in [-0.2, -0.15) is 0 Å². The molecule has 0 saturated carbocycles. The van der Waals surface area contributed by atoms with Crippen LogP contribution < -0.4 is 4.90 Å². The van der Waals surface area contributed by atoms with Crippen molar-refractivity contribution in [1.82, 2.24) is 0 Å². The Bertz CT molecular complexity index is 689. The predicted octanol–water partition coefficient (Wildman–Crippen LogP) is 3.81. The molecule has 0 radical (unpaired) electrons. The number of imide groups is 1. The summed E-state index contributed by atoms with van der Waals surface area (Å²) in [6.07, 6.45) is 0.760. The molecule has 100 valence electrons. The Kier molecular flexibility index (Phi) is 3.18. The van der Waals surface area contributed by atoms with Crippen LogP contribution in [0.1, 0.15) is 33.2 Å². The van der Waals surface area contributed by atoms with Gasteiger partial charge in [-0.3, -0.25) is 9.59 Å². The fraction of sp³-hybridized carbons (Fsp3) is 0.125. The fourth-order valence-electron chi connectivity index (χ4n) is 2.45. The van der Waals surface area contributed by atoms with Crippen LogP contribution in [0.15, 0.2) is 46.9 Å². The highest BCUT2D eigenvalue weighted by Crippen LogP contribution is 2.32. The molecule has 0 spiro atoms. The largest absolute Gasteiger partial charge is 0.268 e. The van der Waals surface area contributed by atoms with E-state index in [0.29, 0.717) is 16.8 Å². The first kappa shape index (κ1) is 13.1. The molecule has 1 aliphatic rings. The van der Waals surface area contributed by atoms with Gasteiger partial charge in [0.15, 0.2) is 0 Å². The molecule has 0 atom stereocenters. The van der Waals surface area contributed by atoms with Gasteiger partial charge in [0.25, 0.3) is 11.8 Å². The molecule has 2 aromatic rings. The maximum atomic E-state index is 12.5. The van der Waals surface area contributed by atoms with Gasteiger partial charge in [0, 0.05) is 4.47 Å². The van der Waals surface area contributed by atoms with E-state index in [4.69, 9.17) is 0 Å². The zero-order valence-corrected chi connectivity index (χ0v) is 12.5. The van der Waals surface area contributed by atoms with Crippen molar-refractivity contribution in [2.45, 2.75) is 13.3 Å². The molecule has 0 N–H and O–H groups in total. The van der Waals surface area contributed by atoms with Crippen LogP contribution in [0.25, 0.3) is 0 Å². The van der Waals surface area contributed by atoms with Crippen LogP contribution in [0, 0.1) is 0 Å². The zero-order valence-electron chi connectivity index (χ0n) is 10.9. The van der Waals surface area contributed by atoms with Gasteiger partial charge in [-0.25, -0.2) is 4.90 Å². The minimum absolute atomic E-state index is 0.251. The van der Waals surface area contributed by atoms with Gasteiger partial charge < -0.3 is 0 Å². The Morgan fingerprint density at radius 2 is 1.60 bits per heavy atom. The third kappa shape index (κ3) is 1.88. The number of halogens is 1. The second-order valence-electron chi connectivity index (χ2n) is 4.62. The van der Waals surface area contributed by atoms with Crippen molar-refractivity contribution in [3.8, 4) is 0 Å². The summed E-state index contributed by atoms with van der Waals surface area (Å²) < 4.78 is 0.848. The Balaban J connectivity index is 2.16. The van der Waals surface area contributed by atoms with Crippen molar-refractivity contribution >= 4 is 33.4 Å². The maximum absolute atomic E-state index is 12.5. The van der Waals surface area contributed by atoms with Crippen LogP contribution >= 0.6 is 15.9 Å². The number of anilines is 1. The number of amides is 2. The van der Waals surface area contributed by atoms with Crippen LogP contribution in [0.4, 0.5) is 5.69 Å². The van der Waals surface area contributed by atoms with Gasteiger partial charge in [0.1, 0.15) is 0 Å². The third-order valence-electron chi connectivity index (χ3n) is 3.46. The minimum atomic E-state index is -0.251. The second kappa shape index (κ2) is 4.87. The van der Waals surface area contributed by atoms with Gasteiger partial charge in [-0.15, -0.1) is 0 Å². The van der Waals surface area contributed by atoms with E-state index in [9.17, 15) is 9.59 Å². The molecule has 0 fully saturated rings.